The van der Waals surface area contributed by atoms with Crippen LogP contribution >= 0.6 is 0 Å². The number of urea groups is 1. The van der Waals surface area contributed by atoms with Crippen molar-refractivity contribution >= 4 is 16.1 Å². The SMILES string of the molecule is CC[C@H]1[C@@H](O)[C@@H]2[C@H](C[C@H](O)[C@]3(C)[C@@H]([C@H](C)CCNC(=O)NS(=O)(=O)C4CCCCC4)CC[C@@H]23)[C@@]2(C)CC[C@@H](O)C[C@@H]12. The molecule has 0 aromatic rings. The maximum absolute atomic E-state index is 12.6. The third kappa shape index (κ3) is 5.48. The summed E-state index contributed by atoms with van der Waals surface area (Å²) in [5.41, 5.74) is -0.269. The largest absolute Gasteiger partial charge is 0.393 e. The average Bonchev–Trinajstić information content (AvgIpc) is 3.29. The molecule has 12 atom stereocenters. The predicted molar refractivity (Wildman–Crippen MR) is 159 cm³/mol. The summed E-state index contributed by atoms with van der Waals surface area (Å²) in [6, 6.07) is -0.643. The van der Waals surface area contributed by atoms with Crippen LogP contribution in [-0.2, 0) is 10.0 Å². The van der Waals surface area contributed by atoms with Crippen LogP contribution in [0.25, 0.3) is 0 Å². The maximum Gasteiger partial charge on any atom is 0.328 e. The van der Waals surface area contributed by atoms with Gasteiger partial charge in [-0.05, 0) is 110 Å². The average molecular weight is 597 g/mol. The van der Waals surface area contributed by atoms with Crippen molar-refractivity contribution in [3.05, 3.63) is 0 Å². The number of rotatable bonds is 7. The summed E-state index contributed by atoms with van der Waals surface area (Å²) in [5.74, 6) is 1.65. The predicted octanol–water partition coefficient (Wildman–Crippen LogP) is 4.57. The fourth-order valence-electron chi connectivity index (χ4n) is 11.1. The summed E-state index contributed by atoms with van der Waals surface area (Å²) in [6.07, 6.45) is 9.75. The molecule has 9 heteroatoms. The lowest BCUT2D eigenvalue weighted by molar-refractivity contribution is -0.228. The third-order valence-electron chi connectivity index (χ3n) is 13.4. The second-order valence-corrected chi connectivity index (χ2v) is 17.1. The Morgan fingerprint density at radius 3 is 2.34 bits per heavy atom. The van der Waals surface area contributed by atoms with Crippen molar-refractivity contribution in [3.8, 4) is 0 Å². The number of nitrogens with one attached hydrogen (secondary N) is 2. The van der Waals surface area contributed by atoms with E-state index in [1.54, 1.807) is 0 Å². The van der Waals surface area contributed by atoms with Crippen LogP contribution in [0.15, 0.2) is 0 Å². The zero-order valence-electron chi connectivity index (χ0n) is 25.7. The molecule has 5 rings (SSSR count). The van der Waals surface area contributed by atoms with Gasteiger partial charge in [-0.3, -0.25) is 0 Å². The van der Waals surface area contributed by atoms with Crippen LogP contribution in [0.1, 0.15) is 111 Å². The van der Waals surface area contributed by atoms with Crippen LogP contribution in [0, 0.1) is 52.3 Å². The monoisotopic (exact) mass is 596 g/mol. The Bertz CT molecular complexity index is 1050. The molecule has 236 valence electrons. The van der Waals surface area contributed by atoms with Gasteiger partial charge in [0.25, 0.3) is 0 Å². The van der Waals surface area contributed by atoms with Gasteiger partial charge in [0.15, 0.2) is 0 Å². The van der Waals surface area contributed by atoms with Crippen LogP contribution < -0.4 is 10.0 Å². The summed E-state index contributed by atoms with van der Waals surface area (Å²) < 4.78 is 27.5. The number of carbonyl (C=O) groups is 1. The highest BCUT2D eigenvalue weighted by molar-refractivity contribution is 7.90. The third-order valence-corrected chi connectivity index (χ3v) is 15.2. The second-order valence-electron chi connectivity index (χ2n) is 15.1. The summed E-state index contributed by atoms with van der Waals surface area (Å²) in [5, 5.41) is 36.6. The van der Waals surface area contributed by atoms with Crippen molar-refractivity contribution in [2.45, 2.75) is 135 Å². The number of aliphatic hydroxyl groups is 3. The zero-order valence-corrected chi connectivity index (χ0v) is 26.5. The van der Waals surface area contributed by atoms with Crippen molar-refractivity contribution in [1.29, 1.82) is 0 Å². The first kappa shape index (κ1) is 31.5. The molecule has 5 aliphatic carbocycles. The molecule has 0 aromatic heterocycles. The van der Waals surface area contributed by atoms with E-state index in [1.165, 1.54) is 0 Å². The molecule has 0 aromatic carbocycles. The van der Waals surface area contributed by atoms with E-state index in [0.717, 1.165) is 57.8 Å². The fourth-order valence-corrected chi connectivity index (χ4v) is 12.6. The Morgan fingerprint density at radius 1 is 0.951 bits per heavy atom. The molecule has 0 heterocycles. The second kappa shape index (κ2) is 11.9. The first-order chi connectivity index (χ1) is 19.3. The molecule has 0 saturated heterocycles. The molecule has 5 fully saturated rings. The van der Waals surface area contributed by atoms with Gasteiger partial charge < -0.3 is 20.6 Å². The van der Waals surface area contributed by atoms with E-state index in [1.807, 2.05) is 0 Å². The van der Waals surface area contributed by atoms with Gasteiger partial charge in [0, 0.05) is 6.54 Å². The molecular weight excluding hydrogens is 540 g/mol. The van der Waals surface area contributed by atoms with Crippen LogP contribution in [0.3, 0.4) is 0 Å². The maximum atomic E-state index is 12.6. The molecule has 2 amide bonds. The first-order valence-corrected chi connectivity index (χ1v) is 18.2. The molecule has 0 bridgehead atoms. The summed E-state index contributed by atoms with van der Waals surface area (Å²) in [6.45, 7) is 9.38. The van der Waals surface area contributed by atoms with Gasteiger partial charge in [-0.15, -0.1) is 0 Å². The van der Waals surface area contributed by atoms with Crippen molar-refractivity contribution in [1.82, 2.24) is 10.0 Å². The minimum Gasteiger partial charge on any atom is -0.393 e. The number of hydrogen-bond donors (Lipinski definition) is 5. The molecule has 41 heavy (non-hydrogen) atoms. The molecule has 8 nitrogen and oxygen atoms in total. The quantitative estimate of drug-likeness (QED) is 0.292. The fraction of sp³-hybridized carbons (Fsp3) is 0.969. The molecule has 0 unspecified atom stereocenters. The van der Waals surface area contributed by atoms with Crippen LogP contribution in [-0.4, -0.2) is 59.9 Å². The molecule has 0 spiro atoms. The lowest BCUT2D eigenvalue weighted by Gasteiger charge is -2.65. The first-order valence-electron chi connectivity index (χ1n) is 16.7. The Hall–Kier alpha value is -0.900. The molecule has 5 N–H and O–H groups in total. The highest BCUT2D eigenvalue weighted by Crippen LogP contribution is 2.69. The normalized spacial score (nSPS) is 45.7. The molecular formula is C32H56N2O6S. The lowest BCUT2D eigenvalue weighted by atomic mass is 9.41. The highest BCUT2D eigenvalue weighted by Gasteiger charge is 2.67. The Balaban J connectivity index is 1.24. The zero-order chi connectivity index (χ0) is 29.7. The van der Waals surface area contributed by atoms with Crippen molar-refractivity contribution in [3.63, 3.8) is 0 Å². The molecule has 0 radical (unpaired) electrons. The van der Waals surface area contributed by atoms with E-state index < -0.39 is 33.5 Å². The number of aliphatic hydroxyl groups excluding tert-OH is 3. The van der Waals surface area contributed by atoms with Crippen molar-refractivity contribution in [2.75, 3.05) is 6.54 Å². The number of fused-ring (bicyclic) bond motifs is 5. The van der Waals surface area contributed by atoms with Gasteiger partial charge >= 0.3 is 6.03 Å². The van der Waals surface area contributed by atoms with Gasteiger partial charge in [0.1, 0.15) is 0 Å². The summed E-state index contributed by atoms with van der Waals surface area (Å²) in [4.78, 5) is 12.5. The van der Waals surface area contributed by atoms with Crippen LogP contribution in [0.4, 0.5) is 4.79 Å². The van der Waals surface area contributed by atoms with Gasteiger partial charge in [-0.2, -0.15) is 0 Å². The smallest absolute Gasteiger partial charge is 0.328 e. The van der Waals surface area contributed by atoms with Gasteiger partial charge in [0.2, 0.25) is 10.0 Å². The van der Waals surface area contributed by atoms with E-state index in [4.69, 9.17) is 0 Å². The standard InChI is InChI=1S/C32H56N2O6S/c1-5-22-25-17-20(35)13-15-31(25,3)26-18-27(36)32(4)23(11-12-24(32)28(26)29(22)37)19(2)14-16-33-30(38)34-41(39,40)21-9-7-6-8-10-21/h19-29,35-37H,5-18H2,1-4H3,(H2,33,34,38)/t19-,20-,22-,23-,24+,25+,26+,27+,28+,29-,31+,32-/m1/s1. The molecule has 5 saturated carbocycles. The summed E-state index contributed by atoms with van der Waals surface area (Å²) >= 11 is 0. The van der Waals surface area contributed by atoms with E-state index in [0.29, 0.717) is 38.1 Å². The van der Waals surface area contributed by atoms with E-state index in [-0.39, 0.29) is 52.4 Å². The Morgan fingerprint density at radius 2 is 1.66 bits per heavy atom. The van der Waals surface area contributed by atoms with Crippen molar-refractivity contribution < 1.29 is 28.5 Å². The number of amides is 2. The topological polar surface area (TPSA) is 136 Å². The van der Waals surface area contributed by atoms with E-state index >= 15 is 0 Å². The number of sulfonamides is 1. The lowest BCUT2D eigenvalue weighted by Crippen LogP contribution is -2.65. The van der Waals surface area contributed by atoms with E-state index in [2.05, 4.69) is 37.7 Å². The van der Waals surface area contributed by atoms with Crippen LogP contribution in [0.5, 0.6) is 0 Å². The number of carbonyl (C=O) groups excluding carboxylic acids is 1. The van der Waals surface area contributed by atoms with Gasteiger partial charge in [-0.25, -0.2) is 17.9 Å². The Labute approximate surface area is 247 Å². The summed E-state index contributed by atoms with van der Waals surface area (Å²) in [7, 11) is -3.65. The highest BCUT2D eigenvalue weighted by atomic mass is 32.2. The van der Waals surface area contributed by atoms with Gasteiger partial charge in [0.05, 0.1) is 23.6 Å². The number of hydrogen-bond acceptors (Lipinski definition) is 6. The van der Waals surface area contributed by atoms with E-state index in [9.17, 15) is 28.5 Å². The minimum atomic E-state index is -3.65. The van der Waals surface area contributed by atoms with Crippen molar-refractivity contribution in [2.24, 2.45) is 52.3 Å². The minimum absolute atomic E-state index is 0.0328. The van der Waals surface area contributed by atoms with Gasteiger partial charge in [-0.1, -0.05) is 53.4 Å². The Kier molecular flexibility index (Phi) is 9.14. The van der Waals surface area contributed by atoms with Crippen LogP contribution in [0.2, 0.25) is 0 Å². The molecule has 0 aliphatic heterocycles. The molecule has 5 aliphatic rings.